The topological polar surface area (TPSA) is 36.9 Å². The molecule has 0 radical (unpaired) electrons. The van der Waals surface area contributed by atoms with Crippen molar-refractivity contribution < 1.29 is 18.9 Å². The van der Waals surface area contributed by atoms with E-state index >= 15 is 0 Å². The van der Waals surface area contributed by atoms with E-state index in [0.717, 1.165) is 26.1 Å². The van der Waals surface area contributed by atoms with E-state index in [1.54, 1.807) is 0 Å². The van der Waals surface area contributed by atoms with Gasteiger partial charge in [0.25, 0.3) is 0 Å². The van der Waals surface area contributed by atoms with Gasteiger partial charge in [-0.2, -0.15) is 0 Å². The van der Waals surface area contributed by atoms with Crippen molar-refractivity contribution in [3.63, 3.8) is 0 Å². The molecular weight excluding hydrogens is 292 g/mol. The summed E-state index contributed by atoms with van der Waals surface area (Å²) in [6.07, 6.45) is 14.4. The zero-order valence-electron chi connectivity index (χ0n) is 14.3. The molecule has 23 heavy (non-hydrogen) atoms. The van der Waals surface area contributed by atoms with E-state index in [0.29, 0.717) is 11.8 Å². The maximum atomic E-state index is 6.31. The Kier molecular flexibility index (Phi) is 5.24. The van der Waals surface area contributed by atoms with Gasteiger partial charge < -0.3 is 9.47 Å². The molecule has 4 fully saturated rings. The van der Waals surface area contributed by atoms with Crippen LogP contribution >= 0.6 is 0 Å². The van der Waals surface area contributed by atoms with Crippen LogP contribution in [-0.4, -0.2) is 31.6 Å². The average molecular weight is 324 g/mol. The molecule has 0 amide bonds. The number of hydrogen-bond acceptors (Lipinski definition) is 4. The molecule has 5 atom stereocenters. The van der Waals surface area contributed by atoms with Crippen LogP contribution in [0.15, 0.2) is 0 Å². The van der Waals surface area contributed by atoms with Gasteiger partial charge in [-0.05, 0) is 25.7 Å². The van der Waals surface area contributed by atoms with E-state index in [4.69, 9.17) is 18.9 Å². The first-order chi connectivity index (χ1) is 11.3. The highest BCUT2D eigenvalue weighted by atomic mass is 17.0. The Balaban J connectivity index is 1.42. The lowest BCUT2D eigenvalue weighted by molar-refractivity contribution is -0.557. The first kappa shape index (κ1) is 16.3. The number of rotatable bonds is 0. The summed E-state index contributed by atoms with van der Waals surface area (Å²) in [7, 11) is 0. The highest BCUT2D eigenvalue weighted by molar-refractivity contribution is 4.82. The van der Waals surface area contributed by atoms with Gasteiger partial charge in [0.2, 0.25) is 0 Å². The summed E-state index contributed by atoms with van der Waals surface area (Å²) in [5.41, 5.74) is 0. The summed E-state index contributed by atoms with van der Waals surface area (Å²) in [6, 6.07) is 0. The molecule has 2 heterocycles. The Labute approximate surface area is 140 Å². The van der Waals surface area contributed by atoms with E-state index in [1.165, 1.54) is 64.2 Å². The lowest BCUT2D eigenvalue weighted by Gasteiger charge is -2.49. The van der Waals surface area contributed by atoms with Gasteiger partial charge in [-0.3, -0.25) is 9.47 Å². The third kappa shape index (κ3) is 3.76. The van der Waals surface area contributed by atoms with Gasteiger partial charge in [0.05, 0.1) is 25.4 Å². The van der Waals surface area contributed by atoms with E-state index in [2.05, 4.69) is 0 Å². The minimum atomic E-state index is -1.19. The molecule has 0 N–H and O–H groups in total. The monoisotopic (exact) mass is 324 g/mol. The third-order valence-electron chi connectivity index (χ3n) is 6.22. The van der Waals surface area contributed by atoms with Crippen molar-refractivity contribution in [2.75, 3.05) is 13.2 Å². The molecule has 4 heteroatoms. The van der Waals surface area contributed by atoms with E-state index in [1.807, 2.05) is 0 Å². The van der Waals surface area contributed by atoms with Crippen molar-refractivity contribution >= 4 is 0 Å². The zero-order chi connectivity index (χ0) is 15.5. The second-order valence-electron chi connectivity index (χ2n) is 7.94. The van der Waals surface area contributed by atoms with Gasteiger partial charge in [0.15, 0.2) is 0 Å². The second-order valence-corrected chi connectivity index (χ2v) is 7.94. The first-order valence-electron chi connectivity index (χ1n) is 9.98. The normalized spacial score (nSPS) is 45.9. The Hall–Kier alpha value is -0.160. The minimum absolute atomic E-state index is 0.245. The van der Waals surface area contributed by atoms with Crippen LogP contribution in [0, 0.1) is 11.8 Å². The summed E-state index contributed by atoms with van der Waals surface area (Å²) in [6.45, 7) is 1.45. The maximum Gasteiger partial charge on any atom is 0.413 e. The van der Waals surface area contributed by atoms with Crippen molar-refractivity contribution in [1.29, 1.82) is 0 Å². The van der Waals surface area contributed by atoms with E-state index < -0.39 is 6.16 Å². The quantitative estimate of drug-likeness (QED) is 0.663. The highest BCUT2D eigenvalue weighted by Crippen LogP contribution is 2.41. The molecule has 2 saturated heterocycles. The van der Waals surface area contributed by atoms with Crippen LogP contribution in [-0.2, 0) is 18.9 Å². The van der Waals surface area contributed by atoms with Gasteiger partial charge in [0.1, 0.15) is 0 Å². The summed E-state index contributed by atoms with van der Waals surface area (Å²) in [4.78, 5) is 0. The van der Waals surface area contributed by atoms with E-state index in [9.17, 15) is 0 Å². The van der Waals surface area contributed by atoms with Gasteiger partial charge in [-0.25, -0.2) is 0 Å². The largest absolute Gasteiger partial charge is 0.413 e. The molecule has 4 rings (SSSR count). The van der Waals surface area contributed by atoms with Crippen LogP contribution in [0.2, 0.25) is 0 Å². The molecule has 0 aromatic heterocycles. The molecule has 2 aliphatic carbocycles. The van der Waals surface area contributed by atoms with Crippen molar-refractivity contribution in [1.82, 2.24) is 0 Å². The molecule has 0 aromatic rings. The van der Waals surface area contributed by atoms with Gasteiger partial charge in [0, 0.05) is 11.8 Å². The summed E-state index contributed by atoms with van der Waals surface area (Å²) in [5.74, 6) is 1.03. The van der Waals surface area contributed by atoms with Crippen LogP contribution in [0.5, 0.6) is 0 Å². The number of hydrogen-bond donors (Lipinski definition) is 0. The molecule has 0 bridgehead atoms. The average Bonchev–Trinajstić information content (AvgIpc) is 2.51. The van der Waals surface area contributed by atoms with Crippen molar-refractivity contribution in [3.05, 3.63) is 0 Å². The molecule has 4 aliphatic rings. The molecule has 1 spiro atoms. The fraction of sp³-hybridized carbons (Fsp3) is 1.00. The zero-order valence-corrected chi connectivity index (χ0v) is 14.3. The van der Waals surface area contributed by atoms with Crippen LogP contribution in [0.1, 0.15) is 77.0 Å². The summed E-state index contributed by atoms with van der Waals surface area (Å²) < 4.78 is 24.7. The minimum Gasteiger partial charge on any atom is -0.303 e. The SMILES string of the molecule is C1CCCC2OC3(OCC2CC1)OC[C@@H]1CCCCCC[C@H]1O3. The number of fused-ring (bicyclic) bond motifs is 2. The lowest BCUT2D eigenvalue weighted by atomic mass is 9.88. The van der Waals surface area contributed by atoms with Crippen molar-refractivity contribution in [2.24, 2.45) is 11.8 Å². The fourth-order valence-electron chi connectivity index (χ4n) is 4.74. The van der Waals surface area contributed by atoms with Crippen LogP contribution in [0.25, 0.3) is 0 Å². The highest BCUT2D eigenvalue weighted by Gasteiger charge is 2.51. The van der Waals surface area contributed by atoms with Crippen molar-refractivity contribution in [3.8, 4) is 0 Å². The smallest absolute Gasteiger partial charge is 0.303 e. The lowest BCUT2D eigenvalue weighted by Crippen LogP contribution is -2.58. The summed E-state index contributed by atoms with van der Waals surface area (Å²) in [5, 5.41) is 0. The van der Waals surface area contributed by atoms with E-state index in [-0.39, 0.29) is 12.2 Å². The number of ether oxygens (including phenoxy) is 4. The third-order valence-corrected chi connectivity index (χ3v) is 6.22. The van der Waals surface area contributed by atoms with Gasteiger partial charge in [-0.1, -0.05) is 51.4 Å². The fourth-order valence-corrected chi connectivity index (χ4v) is 4.74. The standard InChI is InChI=1S/C19H32O4/c1-3-7-11-17-15(9-5-1)13-20-19(22-17)21-14-16-10-6-2-4-8-12-18(16)23-19/h15-18H,1-14H2/t15-,16?,17+,18?,19?/m0/s1. The van der Waals surface area contributed by atoms with Crippen LogP contribution < -0.4 is 0 Å². The Bertz CT molecular complexity index is 350. The van der Waals surface area contributed by atoms with Crippen LogP contribution in [0.4, 0.5) is 0 Å². The van der Waals surface area contributed by atoms with Gasteiger partial charge >= 0.3 is 6.16 Å². The molecular formula is C19H32O4. The predicted molar refractivity (Wildman–Crippen MR) is 86.8 cm³/mol. The molecule has 4 nitrogen and oxygen atoms in total. The molecule has 2 aliphatic heterocycles. The second kappa shape index (κ2) is 7.38. The molecule has 132 valence electrons. The molecule has 0 aromatic carbocycles. The Morgan fingerprint density at radius 2 is 0.957 bits per heavy atom. The van der Waals surface area contributed by atoms with Crippen molar-refractivity contribution in [2.45, 2.75) is 95.4 Å². The first-order valence-corrected chi connectivity index (χ1v) is 9.98. The maximum absolute atomic E-state index is 6.31. The Morgan fingerprint density at radius 1 is 0.522 bits per heavy atom. The Morgan fingerprint density at radius 3 is 1.43 bits per heavy atom. The summed E-state index contributed by atoms with van der Waals surface area (Å²) >= 11 is 0. The van der Waals surface area contributed by atoms with Gasteiger partial charge in [-0.15, -0.1) is 0 Å². The predicted octanol–water partition coefficient (Wildman–Crippen LogP) is 4.37. The van der Waals surface area contributed by atoms with Crippen LogP contribution in [0.3, 0.4) is 0 Å². The molecule has 3 unspecified atom stereocenters. The molecule has 2 saturated carbocycles.